The molecule has 2 heterocycles. The van der Waals surface area contributed by atoms with Gasteiger partial charge in [0, 0.05) is 52.1 Å². The third kappa shape index (κ3) is 7.75. The van der Waals surface area contributed by atoms with E-state index in [0.717, 1.165) is 32.2 Å². The normalized spacial score (nSPS) is 31.5. The monoisotopic (exact) mass is 516 g/mol. The van der Waals surface area contributed by atoms with Crippen molar-refractivity contribution < 1.29 is 22.7 Å². The van der Waals surface area contributed by atoms with Crippen LogP contribution in [0.15, 0.2) is 0 Å². The number of nitrogens with one attached hydrogen (secondary N) is 4. The zero-order chi connectivity index (χ0) is 25.8. The average Bonchev–Trinajstić information content (AvgIpc) is 3.03. The highest BCUT2D eigenvalue weighted by atomic mass is 32.2. The summed E-state index contributed by atoms with van der Waals surface area (Å²) in [6, 6.07) is -0.200. The summed E-state index contributed by atoms with van der Waals surface area (Å²) in [6.45, 7) is 8.64. The first-order valence-electron chi connectivity index (χ1n) is 12.8. The van der Waals surface area contributed by atoms with Crippen LogP contribution in [0.5, 0.6) is 0 Å². The topological polar surface area (TPSA) is 132 Å². The summed E-state index contributed by atoms with van der Waals surface area (Å²) >= 11 is 0. The van der Waals surface area contributed by atoms with Gasteiger partial charge in [0.15, 0.2) is 9.84 Å². The van der Waals surface area contributed by atoms with Crippen LogP contribution in [0.2, 0.25) is 0 Å². The van der Waals surface area contributed by atoms with Gasteiger partial charge in [-0.15, -0.1) is 0 Å². The van der Waals surface area contributed by atoms with Gasteiger partial charge >= 0.3 is 6.09 Å². The first-order valence-corrected chi connectivity index (χ1v) is 14.7. The Balaban J connectivity index is 1.68. The Morgan fingerprint density at radius 1 is 1.03 bits per heavy atom. The molecule has 0 radical (unpaired) electrons. The molecule has 12 heteroatoms. The van der Waals surface area contributed by atoms with E-state index in [4.69, 9.17) is 4.74 Å². The fourth-order valence-electron chi connectivity index (χ4n) is 5.27. The van der Waals surface area contributed by atoms with E-state index in [2.05, 4.69) is 26.2 Å². The van der Waals surface area contributed by atoms with Crippen LogP contribution in [0.3, 0.4) is 0 Å². The number of ether oxygens (including phenoxy) is 1. The molecule has 3 rings (SSSR count). The SMILES string of the molecule is CNC(=O)C1CNC(N2CCCN(C(=O)OC(C)(C)C)CC2)NC1NC1CCCCC1S(C)(=O)=O. The minimum absolute atomic E-state index is 0.0976. The van der Waals surface area contributed by atoms with Crippen LogP contribution in [0.25, 0.3) is 0 Å². The van der Waals surface area contributed by atoms with Gasteiger partial charge in [-0.25, -0.2) is 13.2 Å². The predicted octanol–water partition coefficient (Wildman–Crippen LogP) is 0.0393. The zero-order valence-corrected chi connectivity index (χ0v) is 22.6. The minimum atomic E-state index is -3.20. The fraction of sp³-hybridized carbons (Fsp3) is 0.913. The third-order valence-electron chi connectivity index (χ3n) is 7.05. The van der Waals surface area contributed by atoms with Crippen LogP contribution >= 0.6 is 0 Å². The van der Waals surface area contributed by atoms with E-state index in [1.54, 1.807) is 11.9 Å². The number of rotatable bonds is 5. The molecule has 2 aliphatic heterocycles. The molecule has 3 fully saturated rings. The molecule has 5 atom stereocenters. The Bertz CT molecular complexity index is 848. The van der Waals surface area contributed by atoms with Gasteiger partial charge in [-0.05, 0) is 40.0 Å². The summed E-state index contributed by atoms with van der Waals surface area (Å²) in [5, 5.41) is 12.8. The van der Waals surface area contributed by atoms with Crippen LogP contribution in [-0.4, -0.2) is 106 Å². The van der Waals surface area contributed by atoms with Crippen LogP contribution in [0, 0.1) is 5.92 Å². The van der Waals surface area contributed by atoms with Gasteiger partial charge < -0.3 is 15.0 Å². The van der Waals surface area contributed by atoms with Crippen molar-refractivity contribution in [2.75, 3.05) is 46.0 Å². The molecule has 35 heavy (non-hydrogen) atoms. The van der Waals surface area contributed by atoms with Gasteiger partial charge in [0.2, 0.25) is 5.91 Å². The number of hydrogen-bond donors (Lipinski definition) is 4. The molecule has 0 spiro atoms. The zero-order valence-electron chi connectivity index (χ0n) is 21.8. The Kier molecular flexibility index (Phi) is 9.41. The Hall–Kier alpha value is -1.47. The maximum atomic E-state index is 12.6. The summed E-state index contributed by atoms with van der Waals surface area (Å²) in [5.74, 6) is -0.483. The summed E-state index contributed by atoms with van der Waals surface area (Å²) in [4.78, 5) is 29.2. The van der Waals surface area contributed by atoms with E-state index in [1.807, 2.05) is 20.8 Å². The maximum Gasteiger partial charge on any atom is 0.410 e. The van der Waals surface area contributed by atoms with Gasteiger partial charge in [-0.2, -0.15) is 0 Å². The Morgan fingerprint density at radius 2 is 1.74 bits per heavy atom. The number of sulfone groups is 1. The lowest BCUT2D eigenvalue weighted by atomic mass is 9.93. The van der Waals surface area contributed by atoms with Crippen LogP contribution in [0.1, 0.15) is 52.9 Å². The molecule has 4 N–H and O–H groups in total. The second kappa shape index (κ2) is 11.7. The van der Waals surface area contributed by atoms with E-state index < -0.39 is 20.7 Å². The molecule has 202 valence electrons. The van der Waals surface area contributed by atoms with Crippen LogP contribution in [0.4, 0.5) is 4.79 Å². The number of amides is 2. The third-order valence-corrected chi connectivity index (χ3v) is 8.71. The highest BCUT2D eigenvalue weighted by molar-refractivity contribution is 7.91. The predicted molar refractivity (Wildman–Crippen MR) is 134 cm³/mol. The van der Waals surface area contributed by atoms with Gasteiger partial charge in [-0.3, -0.25) is 25.6 Å². The van der Waals surface area contributed by atoms with Gasteiger partial charge in [0.25, 0.3) is 0 Å². The molecule has 0 aromatic rings. The molecule has 3 aliphatic rings. The molecule has 5 unspecified atom stereocenters. The van der Waals surface area contributed by atoms with Crippen LogP contribution < -0.4 is 21.3 Å². The van der Waals surface area contributed by atoms with Crippen molar-refractivity contribution in [1.29, 1.82) is 0 Å². The lowest BCUT2D eigenvalue weighted by Gasteiger charge is -2.44. The molecule has 2 amide bonds. The summed E-state index contributed by atoms with van der Waals surface area (Å²) in [5.41, 5.74) is -0.535. The lowest BCUT2D eigenvalue weighted by molar-refractivity contribution is -0.127. The van der Waals surface area contributed by atoms with E-state index in [-0.39, 0.29) is 36.4 Å². The standard InChI is InChI=1S/C23H44N6O5S/c1-23(2,3)34-22(31)29-12-8-11-28(13-14-29)21-25-15-16(20(30)24-4)19(27-21)26-17-9-6-7-10-18(17)35(5,32)33/h16-19,21,25-27H,6-15H2,1-5H3,(H,24,30). The Morgan fingerprint density at radius 3 is 2.40 bits per heavy atom. The molecule has 11 nitrogen and oxygen atoms in total. The van der Waals surface area contributed by atoms with Crippen molar-refractivity contribution >= 4 is 21.8 Å². The number of hydrogen-bond acceptors (Lipinski definition) is 9. The summed E-state index contributed by atoms with van der Waals surface area (Å²) in [7, 11) is -1.59. The van der Waals surface area contributed by atoms with E-state index in [9.17, 15) is 18.0 Å². The second-order valence-corrected chi connectivity index (χ2v) is 13.2. The largest absolute Gasteiger partial charge is 0.444 e. The minimum Gasteiger partial charge on any atom is -0.444 e. The van der Waals surface area contributed by atoms with E-state index >= 15 is 0 Å². The van der Waals surface area contributed by atoms with E-state index in [0.29, 0.717) is 32.6 Å². The quantitative estimate of drug-likeness (QED) is 0.400. The first-order chi connectivity index (χ1) is 16.4. The first kappa shape index (κ1) is 28.1. The smallest absolute Gasteiger partial charge is 0.410 e. The lowest BCUT2D eigenvalue weighted by Crippen LogP contribution is -2.72. The molecule has 2 saturated heterocycles. The van der Waals surface area contributed by atoms with Gasteiger partial charge in [0.05, 0.1) is 17.3 Å². The Labute approximate surface area is 210 Å². The summed E-state index contributed by atoms with van der Waals surface area (Å²) < 4.78 is 30.4. The molecule has 1 aliphatic carbocycles. The van der Waals surface area contributed by atoms with E-state index in [1.165, 1.54) is 6.26 Å². The van der Waals surface area contributed by atoms with Crippen molar-refractivity contribution in [3.63, 3.8) is 0 Å². The fourth-order valence-corrected chi connectivity index (χ4v) is 6.67. The van der Waals surface area contributed by atoms with Crippen molar-refractivity contribution in [2.24, 2.45) is 5.92 Å². The second-order valence-electron chi connectivity index (χ2n) is 11.0. The van der Waals surface area contributed by atoms with Crippen molar-refractivity contribution in [1.82, 2.24) is 31.1 Å². The number of nitrogens with zero attached hydrogens (tertiary/aromatic N) is 2. The highest BCUT2D eigenvalue weighted by Crippen LogP contribution is 2.25. The molecule has 1 saturated carbocycles. The molecule has 0 aromatic carbocycles. The maximum absolute atomic E-state index is 12.6. The van der Waals surface area contributed by atoms with Gasteiger partial charge in [0.1, 0.15) is 11.9 Å². The number of carbonyl (C=O) groups is 2. The number of carbonyl (C=O) groups excluding carboxylic acids is 2. The summed E-state index contributed by atoms with van der Waals surface area (Å²) in [6.07, 6.45) is 4.51. The molecule has 0 aromatic heterocycles. The molecule has 0 bridgehead atoms. The molecular weight excluding hydrogens is 472 g/mol. The van der Waals surface area contributed by atoms with Crippen molar-refractivity contribution in [3.05, 3.63) is 0 Å². The van der Waals surface area contributed by atoms with Crippen molar-refractivity contribution in [3.8, 4) is 0 Å². The molecular formula is C23H44N6O5S. The van der Waals surface area contributed by atoms with Gasteiger partial charge in [-0.1, -0.05) is 12.8 Å². The van der Waals surface area contributed by atoms with Crippen LogP contribution in [-0.2, 0) is 19.4 Å². The van der Waals surface area contributed by atoms with Crippen molar-refractivity contribution in [2.45, 2.75) is 82.2 Å². The highest BCUT2D eigenvalue weighted by Gasteiger charge is 2.41. The average molecular weight is 517 g/mol.